The van der Waals surface area contributed by atoms with Crippen molar-refractivity contribution in [3.8, 4) is 0 Å². The molecule has 6 nitrogen and oxygen atoms in total. The minimum absolute atomic E-state index is 0.165. The number of carbonyl (C=O) groups is 2. The van der Waals surface area contributed by atoms with Crippen LogP contribution < -0.4 is 5.73 Å². The highest BCUT2D eigenvalue weighted by atomic mass is 16.4. The molecular formula is C6H7N3O3. The number of carboxylic acids is 1. The Balaban J connectivity index is 2.91. The second-order valence-corrected chi connectivity index (χ2v) is 2.15. The van der Waals surface area contributed by atoms with Gasteiger partial charge in [0.2, 0.25) is 11.7 Å². The number of nitrogens with two attached hydrogens (primary N) is 1. The summed E-state index contributed by atoms with van der Waals surface area (Å²) < 4.78 is 1.17. The number of carbonyl (C=O) groups excluding carboxylic acids is 1. The smallest absolute Gasteiger partial charge is 0.372 e. The number of hydrogen-bond donors (Lipinski definition) is 2. The SMILES string of the molecule is NC(=O)Cn1ccnc1C(=O)O. The average molecular weight is 169 g/mol. The van der Waals surface area contributed by atoms with Gasteiger partial charge in [0.05, 0.1) is 0 Å². The number of carboxylic acid groups (broad SMARTS) is 1. The molecule has 0 aromatic carbocycles. The first-order valence-corrected chi connectivity index (χ1v) is 3.14. The highest BCUT2D eigenvalue weighted by Gasteiger charge is 2.11. The van der Waals surface area contributed by atoms with Crippen molar-refractivity contribution >= 4 is 11.9 Å². The molecule has 0 aliphatic heterocycles. The first-order chi connectivity index (χ1) is 5.61. The molecule has 0 aliphatic carbocycles. The van der Waals surface area contributed by atoms with Crippen molar-refractivity contribution in [1.29, 1.82) is 0 Å². The van der Waals surface area contributed by atoms with Crippen LogP contribution in [0.25, 0.3) is 0 Å². The van der Waals surface area contributed by atoms with Gasteiger partial charge in [0.1, 0.15) is 6.54 Å². The summed E-state index contributed by atoms with van der Waals surface area (Å²) in [6.07, 6.45) is 2.68. The number of nitrogens with zero attached hydrogens (tertiary/aromatic N) is 2. The monoisotopic (exact) mass is 169 g/mol. The molecule has 12 heavy (non-hydrogen) atoms. The second kappa shape index (κ2) is 3.04. The molecule has 0 unspecified atom stereocenters. The quantitative estimate of drug-likeness (QED) is 0.610. The van der Waals surface area contributed by atoms with Gasteiger partial charge in [0.25, 0.3) is 0 Å². The summed E-state index contributed by atoms with van der Waals surface area (Å²) in [6.45, 7) is -0.165. The third kappa shape index (κ3) is 1.60. The van der Waals surface area contributed by atoms with Crippen molar-refractivity contribution in [3.05, 3.63) is 18.2 Å². The number of rotatable bonds is 3. The summed E-state index contributed by atoms with van der Waals surface area (Å²) in [5.41, 5.74) is 4.87. The van der Waals surface area contributed by atoms with Gasteiger partial charge in [-0.05, 0) is 0 Å². The van der Waals surface area contributed by atoms with E-state index >= 15 is 0 Å². The summed E-state index contributed by atoms with van der Waals surface area (Å²) in [5, 5.41) is 8.53. The van der Waals surface area contributed by atoms with Crippen molar-refractivity contribution in [1.82, 2.24) is 9.55 Å². The third-order valence-electron chi connectivity index (χ3n) is 1.23. The zero-order valence-corrected chi connectivity index (χ0v) is 6.10. The Kier molecular flexibility index (Phi) is 2.09. The fourth-order valence-electron chi connectivity index (χ4n) is 0.803. The standard InChI is InChI=1S/C6H7N3O3/c7-4(10)3-9-2-1-8-5(9)6(11)12/h1-2H,3H2,(H2,7,10)(H,11,12). The highest BCUT2D eigenvalue weighted by Crippen LogP contribution is 1.96. The normalized spacial score (nSPS) is 9.67. The molecule has 1 amide bonds. The van der Waals surface area contributed by atoms with Crippen LogP contribution in [0.1, 0.15) is 10.6 Å². The maximum Gasteiger partial charge on any atom is 0.372 e. The van der Waals surface area contributed by atoms with Crippen molar-refractivity contribution in [2.75, 3.05) is 0 Å². The molecule has 3 N–H and O–H groups in total. The minimum Gasteiger partial charge on any atom is -0.475 e. The molecule has 6 heteroatoms. The molecule has 1 rings (SSSR count). The predicted octanol–water partition coefficient (Wildman–Crippen LogP) is -0.933. The molecule has 1 heterocycles. The lowest BCUT2D eigenvalue weighted by Gasteiger charge is -1.99. The van der Waals surface area contributed by atoms with Gasteiger partial charge in [-0.15, -0.1) is 0 Å². The number of aromatic carboxylic acids is 1. The predicted molar refractivity (Wildman–Crippen MR) is 38.4 cm³/mol. The molecule has 0 saturated heterocycles. The van der Waals surface area contributed by atoms with Gasteiger partial charge in [-0.3, -0.25) is 4.79 Å². The maximum atomic E-state index is 10.4. The van der Waals surface area contributed by atoms with Crippen LogP contribution in [0.15, 0.2) is 12.4 Å². The zero-order valence-electron chi connectivity index (χ0n) is 6.10. The van der Waals surface area contributed by atoms with E-state index in [0.29, 0.717) is 0 Å². The van der Waals surface area contributed by atoms with Crippen LogP contribution in [0.3, 0.4) is 0 Å². The fraction of sp³-hybridized carbons (Fsp3) is 0.167. The van der Waals surface area contributed by atoms with Crippen LogP contribution in [-0.4, -0.2) is 26.5 Å². The number of primary amides is 1. The van der Waals surface area contributed by atoms with E-state index in [2.05, 4.69) is 4.98 Å². The molecule has 1 aromatic rings. The lowest BCUT2D eigenvalue weighted by Crippen LogP contribution is -2.21. The Labute approximate surface area is 67.6 Å². The fourth-order valence-corrected chi connectivity index (χ4v) is 0.803. The van der Waals surface area contributed by atoms with Crippen LogP contribution in [0.4, 0.5) is 0 Å². The lowest BCUT2D eigenvalue weighted by molar-refractivity contribution is -0.118. The van der Waals surface area contributed by atoms with Gasteiger partial charge in [-0.1, -0.05) is 0 Å². The summed E-state index contributed by atoms with van der Waals surface area (Å²) >= 11 is 0. The molecule has 1 aromatic heterocycles. The molecule has 0 bridgehead atoms. The molecular weight excluding hydrogens is 162 g/mol. The van der Waals surface area contributed by atoms with Gasteiger partial charge in [-0.2, -0.15) is 0 Å². The van der Waals surface area contributed by atoms with E-state index in [4.69, 9.17) is 10.8 Å². The van der Waals surface area contributed by atoms with Gasteiger partial charge < -0.3 is 15.4 Å². The van der Waals surface area contributed by atoms with E-state index in [1.807, 2.05) is 0 Å². The van der Waals surface area contributed by atoms with Gasteiger partial charge >= 0.3 is 5.97 Å². The zero-order chi connectivity index (χ0) is 9.14. The number of imidazole rings is 1. The van der Waals surface area contributed by atoms with Gasteiger partial charge in [-0.25, -0.2) is 9.78 Å². The van der Waals surface area contributed by atoms with Crippen LogP contribution in [0.5, 0.6) is 0 Å². The Bertz CT molecular complexity index is 318. The van der Waals surface area contributed by atoms with Crippen LogP contribution in [-0.2, 0) is 11.3 Å². The van der Waals surface area contributed by atoms with Crippen LogP contribution >= 0.6 is 0 Å². The molecule has 0 atom stereocenters. The summed E-state index contributed by atoms with van der Waals surface area (Å²) in [6, 6.07) is 0. The Morgan fingerprint density at radius 1 is 1.67 bits per heavy atom. The molecule has 0 spiro atoms. The van der Waals surface area contributed by atoms with Gasteiger partial charge in [0.15, 0.2) is 0 Å². The topological polar surface area (TPSA) is 98.2 Å². The van der Waals surface area contributed by atoms with Crippen LogP contribution in [0.2, 0.25) is 0 Å². The first-order valence-electron chi connectivity index (χ1n) is 3.14. The number of aromatic nitrogens is 2. The van der Waals surface area contributed by atoms with E-state index in [-0.39, 0.29) is 12.4 Å². The maximum absolute atomic E-state index is 10.4. The molecule has 0 aliphatic rings. The Hall–Kier alpha value is -1.85. The van der Waals surface area contributed by atoms with Gasteiger partial charge in [0, 0.05) is 12.4 Å². The second-order valence-electron chi connectivity index (χ2n) is 2.15. The Morgan fingerprint density at radius 3 is 2.83 bits per heavy atom. The van der Waals surface area contributed by atoms with Crippen LogP contribution in [0, 0.1) is 0 Å². The number of hydrogen-bond acceptors (Lipinski definition) is 3. The summed E-state index contributed by atoms with van der Waals surface area (Å²) in [4.78, 5) is 24.4. The van der Waals surface area contributed by atoms with Crippen molar-refractivity contribution in [2.45, 2.75) is 6.54 Å². The number of amides is 1. The molecule has 0 radical (unpaired) electrons. The van der Waals surface area contributed by atoms with E-state index in [0.717, 1.165) is 0 Å². The van der Waals surface area contributed by atoms with Crippen molar-refractivity contribution in [2.24, 2.45) is 5.73 Å². The molecule has 0 saturated carbocycles. The average Bonchev–Trinajstić information content (AvgIpc) is 2.33. The van der Waals surface area contributed by atoms with E-state index in [1.54, 1.807) is 0 Å². The third-order valence-corrected chi connectivity index (χ3v) is 1.23. The first kappa shape index (κ1) is 8.25. The van der Waals surface area contributed by atoms with Crippen molar-refractivity contribution in [3.63, 3.8) is 0 Å². The molecule has 0 fully saturated rings. The van der Waals surface area contributed by atoms with E-state index in [1.165, 1.54) is 17.0 Å². The largest absolute Gasteiger partial charge is 0.475 e. The summed E-state index contributed by atoms with van der Waals surface area (Å²) in [7, 11) is 0. The minimum atomic E-state index is -1.18. The van der Waals surface area contributed by atoms with E-state index in [9.17, 15) is 9.59 Å². The molecule has 64 valence electrons. The van der Waals surface area contributed by atoms with Crippen molar-refractivity contribution < 1.29 is 14.7 Å². The van der Waals surface area contributed by atoms with E-state index < -0.39 is 11.9 Å². The highest BCUT2D eigenvalue weighted by molar-refractivity contribution is 5.84. The Morgan fingerprint density at radius 2 is 2.33 bits per heavy atom. The summed E-state index contributed by atoms with van der Waals surface area (Å²) in [5.74, 6) is -1.97. The lowest BCUT2D eigenvalue weighted by atomic mass is 10.5.